The van der Waals surface area contributed by atoms with E-state index in [1.807, 2.05) is 0 Å². The van der Waals surface area contributed by atoms with Crippen LogP contribution in [0.5, 0.6) is 0 Å². The Balaban J connectivity index is 2.29. The van der Waals surface area contributed by atoms with Crippen LogP contribution in [0.25, 0.3) is 10.0 Å². The fourth-order valence-electron chi connectivity index (χ4n) is 0.933. The maximum Gasteiger partial charge on any atom is 0.152 e. The maximum atomic E-state index is 4.50. The summed E-state index contributed by atoms with van der Waals surface area (Å²) >= 11 is 8.01. The van der Waals surface area contributed by atoms with Crippen molar-refractivity contribution in [3.8, 4) is 10.0 Å². The van der Waals surface area contributed by atoms with E-state index in [4.69, 9.17) is 0 Å². The van der Waals surface area contributed by atoms with Crippen LogP contribution in [0, 0.1) is 0 Å². The van der Waals surface area contributed by atoms with Gasteiger partial charge in [-0.2, -0.15) is 0 Å². The van der Waals surface area contributed by atoms with Gasteiger partial charge in [-0.05, 0) is 0 Å². The van der Waals surface area contributed by atoms with Gasteiger partial charge in [-0.1, -0.05) is 45.2 Å². The minimum absolute atomic E-state index is 0.971. The number of aromatic nitrogens is 2. The van der Waals surface area contributed by atoms with Crippen molar-refractivity contribution in [2.45, 2.75) is 8.86 Å². The summed E-state index contributed by atoms with van der Waals surface area (Å²) < 4.78 is 1.94. The molecule has 2 nitrogen and oxygen atoms in total. The minimum atomic E-state index is 0.971. The molecule has 0 saturated heterocycles. The van der Waals surface area contributed by atoms with Gasteiger partial charge >= 0.3 is 0 Å². The lowest BCUT2D eigenvalue weighted by molar-refractivity contribution is 1.22. The molecule has 2 rings (SSSR count). The van der Waals surface area contributed by atoms with E-state index in [1.54, 1.807) is 22.7 Å². The van der Waals surface area contributed by atoms with Crippen molar-refractivity contribution >= 4 is 67.9 Å². The van der Waals surface area contributed by atoms with Gasteiger partial charge in [0.05, 0.1) is 11.4 Å². The number of halogens is 2. The molecule has 0 N–H and O–H groups in total. The van der Waals surface area contributed by atoms with Crippen molar-refractivity contribution in [3.63, 3.8) is 0 Å². The molecule has 0 aromatic carbocycles. The maximum absolute atomic E-state index is 4.50. The lowest BCUT2D eigenvalue weighted by Crippen LogP contribution is -1.79. The highest BCUT2D eigenvalue weighted by Gasteiger charge is 2.08. The van der Waals surface area contributed by atoms with E-state index in [0.29, 0.717) is 0 Å². The van der Waals surface area contributed by atoms with Gasteiger partial charge in [0.2, 0.25) is 0 Å². The summed E-state index contributed by atoms with van der Waals surface area (Å²) in [5, 5.41) is 6.32. The van der Waals surface area contributed by atoms with Crippen LogP contribution in [0.3, 0.4) is 0 Å². The minimum Gasteiger partial charge on any atom is -0.238 e. The summed E-state index contributed by atoms with van der Waals surface area (Å²) in [6.45, 7) is 0. The van der Waals surface area contributed by atoms with Crippen LogP contribution >= 0.6 is 67.9 Å². The third-order valence-electron chi connectivity index (χ3n) is 1.56. The third-order valence-corrected chi connectivity index (χ3v) is 5.05. The zero-order valence-electron chi connectivity index (χ0n) is 7.04. The first-order chi connectivity index (χ1) is 6.83. The summed E-state index contributed by atoms with van der Waals surface area (Å²) in [7, 11) is 0. The molecular formula is C8H6I2N2S2. The van der Waals surface area contributed by atoms with Gasteiger partial charge in [-0.15, -0.1) is 22.7 Å². The summed E-state index contributed by atoms with van der Waals surface area (Å²) in [6, 6.07) is 0. The molecule has 2 aromatic rings. The van der Waals surface area contributed by atoms with E-state index in [1.165, 1.54) is 0 Å². The lowest BCUT2D eigenvalue weighted by atomic mass is 10.5. The van der Waals surface area contributed by atoms with Gasteiger partial charge < -0.3 is 0 Å². The van der Waals surface area contributed by atoms with Crippen LogP contribution < -0.4 is 0 Å². The first-order valence-corrected chi connectivity index (χ1v) is 8.65. The van der Waals surface area contributed by atoms with Gasteiger partial charge in [0.1, 0.15) is 0 Å². The van der Waals surface area contributed by atoms with Crippen molar-refractivity contribution in [2.24, 2.45) is 0 Å². The van der Waals surface area contributed by atoms with Gasteiger partial charge in [0.25, 0.3) is 0 Å². The normalized spacial score (nSPS) is 10.7. The molecule has 0 amide bonds. The highest BCUT2D eigenvalue weighted by molar-refractivity contribution is 14.1. The van der Waals surface area contributed by atoms with E-state index < -0.39 is 0 Å². The Labute approximate surface area is 117 Å². The predicted molar refractivity (Wildman–Crippen MR) is 78.7 cm³/mol. The quantitative estimate of drug-likeness (QED) is 0.522. The second-order valence-corrected chi connectivity index (χ2v) is 5.80. The van der Waals surface area contributed by atoms with Crippen LogP contribution in [-0.4, -0.2) is 9.97 Å². The highest BCUT2D eigenvalue weighted by atomic mass is 127. The van der Waals surface area contributed by atoms with Crippen molar-refractivity contribution < 1.29 is 0 Å². The van der Waals surface area contributed by atoms with Crippen LogP contribution in [0.15, 0.2) is 10.8 Å². The van der Waals surface area contributed by atoms with Crippen LogP contribution in [0.1, 0.15) is 11.4 Å². The molecule has 74 valence electrons. The summed E-state index contributed by atoms with van der Waals surface area (Å²) in [5.41, 5.74) is 2.30. The van der Waals surface area contributed by atoms with Crippen molar-refractivity contribution in [1.29, 1.82) is 0 Å². The second-order valence-electron chi connectivity index (χ2n) is 2.56. The molecule has 0 atom stereocenters. The molecule has 0 radical (unpaired) electrons. The van der Waals surface area contributed by atoms with Gasteiger partial charge in [-0.25, -0.2) is 9.97 Å². The van der Waals surface area contributed by atoms with Gasteiger partial charge in [0.15, 0.2) is 10.0 Å². The predicted octanol–water partition coefficient (Wildman–Crippen LogP) is 4.14. The monoisotopic (exact) mass is 448 g/mol. The van der Waals surface area contributed by atoms with Gasteiger partial charge in [0, 0.05) is 19.6 Å². The topological polar surface area (TPSA) is 25.8 Å². The van der Waals surface area contributed by atoms with E-state index in [2.05, 4.69) is 65.9 Å². The molecule has 0 aliphatic rings. The Kier molecular flexibility index (Phi) is 4.14. The highest BCUT2D eigenvalue weighted by Crippen LogP contribution is 2.28. The number of thiazole rings is 2. The first-order valence-electron chi connectivity index (χ1n) is 3.84. The van der Waals surface area contributed by atoms with Crippen LogP contribution in [0.2, 0.25) is 0 Å². The summed E-state index contributed by atoms with van der Waals surface area (Å²) in [5.74, 6) is 0. The molecule has 0 spiro atoms. The zero-order valence-corrected chi connectivity index (χ0v) is 13.0. The molecule has 0 saturated carbocycles. The molecule has 0 aliphatic heterocycles. The number of alkyl halides is 2. The van der Waals surface area contributed by atoms with Gasteiger partial charge in [-0.3, -0.25) is 0 Å². The average Bonchev–Trinajstić information content (AvgIpc) is 2.86. The molecule has 14 heavy (non-hydrogen) atoms. The fraction of sp³-hybridized carbons (Fsp3) is 0.250. The molecule has 2 aromatic heterocycles. The Morgan fingerprint density at radius 3 is 1.64 bits per heavy atom. The second kappa shape index (κ2) is 5.17. The molecule has 0 unspecified atom stereocenters. The third kappa shape index (κ3) is 2.45. The van der Waals surface area contributed by atoms with Crippen molar-refractivity contribution in [3.05, 3.63) is 22.1 Å². The van der Waals surface area contributed by atoms with Crippen LogP contribution in [-0.2, 0) is 8.86 Å². The first kappa shape index (κ1) is 11.2. The Hall–Kier alpha value is 0.720. The van der Waals surface area contributed by atoms with Crippen molar-refractivity contribution in [1.82, 2.24) is 9.97 Å². The molecule has 0 bridgehead atoms. The molecule has 0 aliphatic carbocycles. The standard InChI is InChI=1S/C8H6I2N2S2/c9-1-5-3-13-7(11-5)8-12-6(2-10)4-14-8/h3-4H,1-2H2. The number of nitrogens with zero attached hydrogens (tertiary/aromatic N) is 2. The fourth-order valence-corrected chi connectivity index (χ4v) is 4.00. The molecular weight excluding hydrogens is 442 g/mol. The van der Waals surface area contributed by atoms with E-state index in [9.17, 15) is 0 Å². The largest absolute Gasteiger partial charge is 0.238 e. The Bertz CT molecular complexity index is 384. The Morgan fingerprint density at radius 2 is 1.36 bits per heavy atom. The zero-order chi connectivity index (χ0) is 9.97. The molecule has 2 heterocycles. The summed E-state index contributed by atoms with van der Waals surface area (Å²) in [6.07, 6.45) is 0. The molecule has 6 heteroatoms. The van der Waals surface area contributed by atoms with Crippen molar-refractivity contribution in [2.75, 3.05) is 0 Å². The smallest absolute Gasteiger partial charge is 0.152 e. The average molecular weight is 448 g/mol. The number of rotatable bonds is 3. The number of hydrogen-bond acceptors (Lipinski definition) is 4. The van der Waals surface area contributed by atoms with E-state index >= 15 is 0 Å². The molecule has 0 fully saturated rings. The van der Waals surface area contributed by atoms with Crippen LogP contribution in [0.4, 0.5) is 0 Å². The summed E-state index contributed by atoms with van der Waals surface area (Å²) in [4.78, 5) is 9.01. The number of hydrogen-bond donors (Lipinski definition) is 0. The lowest BCUT2D eigenvalue weighted by Gasteiger charge is -1.86. The van der Waals surface area contributed by atoms with E-state index in [0.717, 1.165) is 30.3 Å². The van der Waals surface area contributed by atoms with E-state index in [-0.39, 0.29) is 0 Å². The Morgan fingerprint density at radius 1 is 0.929 bits per heavy atom. The SMILES string of the molecule is ICc1csc(-c2nc(CI)cs2)n1.